The van der Waals surface area contributed by atoms with Crippen molar-refractivity contribution < 1.29 is 8.78 Å². The summed E-state index contributed by atoms with van der Waals surface area (Å²) in [5, 5.41) is 6.16. The fourth-order valence-electron chi connectivity index (χ4n) is 1.12. The van der Waals surface area contributed by atoms with Crippen LogP contribution in [0.3, 0.4) is 0 Å². The molecule has 0 spiro atoms. The van der Waals surface area contributed by atoms with Gasteiger partial charge in [-0.3, -0.25) is 4.98 Å². The smallest absolute Gasteiger partial charge is 0.283 e. The minimum absolute atomic E-state index is 0.170. The fraction of sp³-hybridized carbons (Fsp3) is 0.111. The van der Waals surface area contributed by atoms with Crippen LogP contribution in [0.4, 0.5) is 14.5 Å². The summed E-state index contributed by atoms with van der Waals surface area (Å²) in [6.07, 6.45) is 0.466. The molecule has 2 aromatic rings. The third-order valence-electron chi connectivity index (χ3n) is 1.85. The van der Waals surface area contributed by atoms with Gasteiger partial charge in [-0.1, -0.05) is 16.7 Å². The second-order valence-electron chi connectivity index (χ2n) is 2.98. The Labute approximate surface area is 105 Å². The van der Waals surface area contributed by atoms with E-state index in [1.807, 2.05) is 0 Å². The summed E-state index contributed by atoms with van der Waals surface area (Å²) in [5.41, 5.74) is 0.238. The Morgan fingerprint density at radius 2 is 2.29 bits per heavy atom. The first-order valence-electron chi connectivity index (χ1n) is 4.50. The Morgan fingerprint density at radius 3 is 2.94 bits per heavy atom. The lowest BCUT2D eigenvalue weighted by molar-refractivity contribution is 0.146. The van der Waals surface area contributed by atoms with Gasteiger partial charge in [0.25, 0.3) is 6.43 Å². The molecular weight excluding hydrogens is 266 g/mol. The lowest BCUT2D eigenvalue weighted by atomic mass is 10.3. The number of alkyl halides is 2. The molecule has 0 amide bonds. The molecule has 2 rings (SSSR count). The lowest BCUT2D eigenvalue weighted by Crippen LogP contribution is -2.11. The third-order valence-corrected chi connectivity index (χ3v) is 3.04. The summed E-state index contributed by atoms with van der Waals surface area (Å²) in [7, 11) is 0. The molecule has 0 aromatic carbocycles. The molecule has 4 nitrogen and oxygen atoms in total. The van der Waals surface area contributed by atoms with Crippen LogP contribution in [0, 0.1) is 0 Å². The fourth-order valence-corrected chi connectivity index (χ4v) is 2.02. The molecule has 0 radical (unpaired) electrons. The molecule has 0 aliphatic carbocycles. The molecule has 88 valence electrons. The predicted molar refractivity (Wildman–Crippen MR) is 64.4 cm³/mol. The number of hydrogen-bond acceptors (Lipinski definition) is 5. The molecule has 0 atom stereocenters. The van der Waals surface area contributed by atoms with E-state index in [0.29, 0.717) is 5.69 Å². The Hall–Kier alpha value is -1.54. The highest BCUT2D eigenvalue weighted by molar-refractivity contribution is 7.81. The van der Waals surface area contributed by atoms with Gasteiger partial charge in [0.05, 0.1) is 11.9 Å². The number of aromatic nitrogens is 3. The molecule has 0 saturated heterocycles. The van der Waals surface area contributed by atoms with Gasteiger partial charge in [-0.2, -0.15) is 0 Å². The van der Waals surface area contributed by atoms with Crippen LogP contribution in [-0.4, -0.2) is 19.6 Å². The molecule has 1 N–H and O–H groups in total. The first-order chi connectivity index (χ1) is 8.18. The maximum absolute atomic E-state index is 12.6. The summed E-state index contributed by atoms with van der Waals surface area (Å²) >= 11 is 5.86. The van der Waals surface area contributed by atoms with Crippen LogP contribution in [0.5, 0.6) is 0 Å². The van der Waals surface area contributed by atoms with E-state index in [9.17, 15) is 8.78 Å². The van der Waals surface area contributed by atoms with E-state index in [1.165, 1.54) is 0 Å². The average molecular weight is 272 g/mol. The maximum atomic E-state index is 12.6. The summed E-state index contributed by atoms with van der Waals surface area (Å²) in [4.78, 5) is 4.23. The van der Waals surface area contributed by atoms with Crippen LogP contribution >= 0.6 is 23.8 Å². The minimum atomic E-state index is -2.68. The summed E-state index contributed by atoms with van der Waals surface area (Å²) < 4.78 is 28.6. The molecule has 8 heteroatoms. The van der Waals surface area contributed by atoms with Gasteiger partial charge in [-0.05, 0) is 23.7 Å². The normalized spacial score (nSPS) is 10.5. The van der Waals surface area contributed by atoms with Crippen molar-refractivity contribution in [3.63, 3.8) is 0 Å². The number of rotatable bonds is 3. The molecule has 2 aromatic heterocycles. The Kier molecular flexibility index (Phi) is 3.64. The number of hydrogen-bond donors (Lipinski definition) is 1. The molecule has 0 saturated carbocycles. The molecule has 0 fully saturated rings. The van der Waals surface area contributed by atoms with Gasteiger partial charge in [0.15, 0.2) is 5.69 Å². The van der Waals surface area contributed by atoms with E-state index in [1.54, 1.807) is 24.5 Å². The molecule has 2 heterocycles. The number of nitrogens with zero attached hydrogens (tertiary/aromatic N) is 3. The first-order valence-corrected chi connectivity index (χ1v) is 5.68. The number of halogens is 2. The van der Waals surface area contributed by atoms with E-state index in [2.05, 4.69) is 19.9 Å². The largest absolute Gasteiger partial charge is 0.344 e. The zero-order valence-corrected chi connectivity index (χ0v) is 9.93. The Morgan fingerprint density at radius 1 is 1.47 bits per heavy atom. The quantitative estimate of drug-likeness (QED) is 0.870. The molecule has 0 aliphatic rings. The van der Waals surface area contributed by atoms with Gasteiger partial charge in [-0.25, -0.2) is 8.78 Å². The van der Waals surface area contributed by atoms with Crippen LogP contribution in [0.25, 0.3) is 0 Å². The summed E-state index contributed by atoms with van der Waals surface area (Å²) in [6, 6.07) is 3.44. The number of thiocarbonyl (C=S) groups is 1. The molecule has 0 unspecified atom stereocenters. The van der Waals surface area contributed by atoms with Gasteiger partial charge in [0.2, 0.25) is 0 Å². The highest BCUT2D eigenvalue weighted by atomic mass is 32.1. The van der Waals surface area contributed by atoms with Gasteiger partial charge in [0, 0.05) is 6.20 Å². The standard InChI is InChI=1S/C9H6F2N4S2/c10-8(11)6-7(17-15-14-6)9(16)13-5-2-1-3-12-4-5/h1-4,8H,(H,13,16). The summed E-state index contributed by atoms with van der Waals surface area (Å²) in [5.74, 6) is 0. The predicted octanol–water partition coefficient (Wildman–Crippen LogP) is 2.66. The highest BCUT2D eigenvalue weighted by Crippen LogP contribution is 2.24. The summed E-state index contributed by atoms with van der Waals surface area (Å²) in [6.45, 7) is 0. The van der Waals surface area contributed by atoms with Crippen molar-refractivity contribution in [2.45, 2.75) is 6.43 Å². The van der Waals surface area contributed by atoms with Crippen molar-refractivity contribution in [1.29, 1.82) is 0 Å². The Balaban J connectivity index is 2.18. The van der Waals surface area contributed by atoms with E-state index < -0.39 is 12.1 Å². The van der Waals surface area contributed by atoms with Crippen LogP contribution in [0.2, 0.25) is 0 Å². The van der Waals surface area contributed by atoms with E-state index in [0.717, 1.165) is 11.5 Å². The molecule has 0 aliphatic heterocycles. The van der Waals surface area contributed by atoms with E-state index in [4.69, 9.17) is 12.2 Å². The second kappa shape index (κ2) is 5.19. The molecule has 17 heavy (non-hydrogen) atoms. The van der Waals surface area contributed by atoms with E-state index in [-0.39, 0.29) is 9.87 Å². The van der Waals surface area contributed by atoms with Crippen molar-refractivity contribution in [2.24, 2.45) is 0 Å². The van der Waals surface area contributed by atoms with Crippen molar-refractivity contribution >= 4 is 34.4 Å². The minimum Gasteiger partial charge on any atom is -0.344 e. The van der Waals surface area contributed by atoms with Crippen LogP contribution in [-0.2, 0) is 0 Å². The highest BCUT2D eigenvalue weighted by Gasteiger charge is 2.20. The van der Waals surface area contributed by atoms with E-state index >= 15 is 0 Å². The first kappa shape index (κ1) is 11.9. The number of nitrogens with one attached hydrogen (secondary N) is 1. The number of anilines is 1. The number of pyridine rings is 1. The Bertz CT molecular complexity index is 515. The van der Waals surface area contributed by atoms with Gasteiger partial charge < -0.3 is 5.32 Å². The maximum Gasteiger partial charge on any atom is 0.283 e. The van der Waals surface area contributed by atoms with Crippen LogP contribution in [0.15, 0.2) is 24.5 Å². The lowest BCUT2D eigenvalue weighted by Gasteiger charge is -2.05. The van der Waals surface area contributed by atoms with Crippen molar-refractivity contribution in [3.8, 4) is 0 Å². The molecular formula is C9H6F2N4S2. The van der Waals surface area contributed by atoms with Crippen LogP contribution < -0.4 is 5.32 Å². The van der Waals surface area contributed by atoms with Crippen LogP contribution in [0.1, 0.15) is 17.0 Å². The zero-order valence-electron chi connectivity index (χ0n) is 8.30. The van der Waals surface area contributed by atoms with Gasteiger partial charge in [0.1, 0.15) is 9.87 Å². The third kappa shape index (κ3) is 2.77. The van der Waals surface area contributed by atoms with Crippen molar-refractivity contribution in [2.75, 3.05) is 5.32 Å². The molecule has 0 bridgehead atoms. The van der Waals surface area contributed by atoms with Crippen molar-refractivity contribution in [1.82, 2.24) is 14.6 Å². The van der Waals surface area contributed by atoms with Gasteiger partial charge in [-0.15, -0.1) is 5.10 Å². The van der Waals surface area contributed by atoms with Gasteiger partial charge >= 0.3 is 0 Å². The SMILES string of the molecule is FC(F)c1nnsc1C(=S)Nc1cccnc1. The zero-order chi connectivity index (χ0) is 12.3. The topological polar surface area (TPSA) is 50.7 Å². The second-order valence-corrected chi connectivity index (χ2v) is 4.15. The van der Waals surface area contributed by atoms with Crippen molar-refractivity contribution in [3.05, 3.63) is 35.1 Å². The average Bonchev–Trinajstić information content (AvgIpc) is 2.79. The monoisotopic (exact) mass is 272 g/mol.